The molecule has 0 aliphatic heterocycles. The summed E-state index contributed by atoms with van der Waals surface area (Å²) < 4.78 is 5.45. The molecule has 15 heavy (non-hydrogen) atoms. The van der Waals surface area contributed by atoms with Crippen molar-refractivity contribution in [1.29, 1.82) is 0 Å². The van der Waals surface area contributed by atoms with Crippen LogP contribution < -0.4 is 4.74 Å². The Morgan fingerprint density at radius 1 is 1.27 bits per heavy atom. The molecule has 0 aliphatic rings. The summed E-state index contributed by atoms with van der Waals surface area (Å²) in [4.78, 5) is 10.7. The fourth-order valence-corrected chi connectivity index (χ4v) is 1.12. The molecule has 0 fully saturated rings. The van der Waals surface area contributed by atoms with E-state index in [9.17, 15) is 9.90 Å². The third-order valence-corrected chi connectivity index (χ3v) is 1.56. The van der Waals surface area contributed by atoms with Crippen LogP contribution in [0.4, 0.5) is 0 Å². The molecule has 1 aromatic carbocycles. The van der Waals surface area contributed by atoms with Crippen LogP contribution in [-0.4, -0.2) is 21.8 Å². The van der Waals surface area contributed by atoms with E-state index in [1.165, 1.54) is 18.2 Å². The Morgan fingerprint density at radius 3 is 2.33 bits per heavy atom. The van der Waals surface area contributed by atoms with Gasteiger partial charge < -0.3 is 14.9 Å². The standard InChI is InChI=1S/C11H14O4/c1-11(2,3)15-9-5-7(10(13)14)4-8(12)6-9/h4-6,12H,1-3H3,(H,13,14). The molecule has 0 aromatic heterocycles. The summed E-state index contributed by atoms with van der Waals surface area (Å²) in [5.74, 6) is -0.862. The Hall–Kier alpha value is -1.71. The van der Waals surface area contributed by atoms with E-state index in [2.05, 4.69) is 0 Å². The molecule has 0 saturated carbocycles. The van der Waals surface area contributed by atoms with Gasteiger partial charge in [-0.2, -0.15) is 0 Å². The number of carbonyl (C=O) groups is 1. The average Bonchev–Trinajstić information content (AvgIpc) is 1.99. The predicted molar refractivity (Wildman–Crippen MR) is 55.4 cm³/mol. The van der Waals surface area contributed by atoms with Gasteiger partial charge in [-0.15, -0.1) is 0 Å². The van der Waals surface area contributed by atoms with Crippen molar-refractivity contribution in [3.63, 3.8) is 0 Å². The molecule has 0 amide bonds. The van der Waals surface area contributed by atoms with Gasteiger partial charge in [0.2, 0.25) is 0 Å². The Balaban J connectivity index is 3.04. The van der Waals surface area contributed by atoms with Crippen molar-refractivity contribution in [3.8, 4) is 11.5 Å². The van der Waals surface area contributed by atoms with Crippen LogP contribution in [0.25, 0.3) is 0 Å². The Bertz CT molecular complexity index is 377. The molecular weight excluding hydrogens is 196 g/mol. The minimum atomic E-state index is -1.09. The zero-order chi connectivity index (χ0) is 11.6. The maximum absolute atomic E-state index is 10.7. The van der Waals surface area contributed by atoms with Crippen LogP contribution in [0.5, 0.6) is 11.5 Å². The highest BCUT2D eigenvalue weighted by Gasteiger charge is 2.14. The average molecular weight is 210 g/mol. The van der Waals surface area contributed by atoms with Crippen LogP contribution in [-0.2, 0) is 0 Å². The summed E-state index contributed by atoms with van der Waals surface area (Å²) in [5, 5.41) is 18.1. The lowest BCUT2D eigenvalue weighted by Crippen LogP contribution is -2.23. The number of phenols is 1. The highest BCUT2D eigenvalue weighted by molar-refractivity contribution is 5.88. The molecule has 0 unspecified atom stereocenters. The van der Waals surface area contributed by atoms with Crippen LogP contribution >= 0.6 is 0 Å². The summed E-state index contributed by atoms with van der Waals surface area (Å²) in [7, 11) is 0. The summed E-state index contributed by atoms with van der Waals surface area (Å²) in [6.07, 6.45) is 0. The van der Waals surface area contributed by atoms with E-state index in [1.807, 2.05) is 20.8 Å². The first kappa shape index (κ1) is 11.4. The highest BCUT2D eigenvalue weighted by Crippen LogP contribution is 2.25. The minimum Gasteiger partial charge on any atom is -0.508 e. The largest absolute Gasteiger partial charge is 0.508 e. The van der Waals surface area contributed by atoms with Gasteiger partial charge in [-0.05, 0) is 32.9 Å². The van der Waals surface area contributed by atoms with Gasteiger partial charge in [-0.25, -0.2) is 4.79 Å². The number of aromatic hydroxyl groups is 1. The van der Waals surface area contributed by atoms with Gasteiger partial charge in [0.25, 0.3) is 0 Å². The van der Waals surface area contributed by atoms with Crippen molar-refractivity contribution in [2.75, 3.05) is 0 Å². The Kier molecular flexibility index (Phi) is 2.88. The fraction of sp³-hybridized carbons (Fsp3) is 0.364. The second kappa shape index (κ2) is 3.81. The van der Waals surface area contributed by atoms with E-state index in [0.29, 0.717) is 5.75 Å². The lowest BCUT2D eigenvalue weighted by Gasteiger charge is -2.21. The number of aromatic carboxylic acids is 1. The van der Waals surface area contributed by atoms with Crippen LogP contribution in [0.2, 0.25) is 0 Å². The summed E-state index contributed by atoms with van der Waals surface area (Å²) in [5.41, 5.74) is -0.418. The van der Waals surface area contributed by atoms with Crippen molar-refractivity contribution in [2.24, 2.45) is 0 Å². The molecular formula is C11H14O4. The summed E-state index contributed by atoms with van der Waals surface area (Å²) >= 11 is 0. The van der Waals surface area contributed by atoms with E-state index in [1.54, 1.807) is 0 Å². The van der Waals surface area contributed by atoms with Crippen molar-refractivity contribution in [1.82, 2.24) is 0 Å². The molecule has 0 bridgehead atoms. The summed E-state index contributed by atoms with van der Waals surface area (Å²) in [6.45, 7) is 5.53. The zero-order valence-electron chi connectivity index (χ0n) is 8.94. The van der Waals surface area contributed by atoms with E-state index >= 15 is 0 Å². The lowest BCUT2D eigenvalue weighted by atomic mass is 10.1. The van der Waals surface area contributed by atoms with Gasteiger partial charge in [0.15, 0.2) is 0 Å². The SMILES string of the molecule is CC(C)(C)Oc1cc(O)cc(C(=O)O)c1. The number of benzene rings is 1. The van der Waals surface area contributed by atoms with Gasteiger partial charge in [0.05, 0.1) is 5.56 Å². The van der Waals surface area contributed by atoms with E-state index in [0.717, 1.165) is 0 Å². The fourth-order valence-electron chi connectivity index (χ4n) is 1.12. The first-order valence-electron chi connectivity index (χ1n) is 4.54. The topological polar surface area (TPSA) is 66.8 Å². The van der Waals surface area contributed by atoms with E-state index in [-0.39, 0.29) is 11.3 Å². The van der Waals surface area contributed by atoms with Gasteiger partial charge in [0.1, 0.15) is 17.1 Å². The van der Waals surface area contributed by atoms with Gasteiger partial charge in [-0.1, -0.05) is 0 Å². The molecule has 0 atom stereocenters. The van der Waals surface area contributed by atoms with Crippen LogP contribution in [0, 0.1) is 0 Å². The molecule has 0 radical (unpaired) electrons. The van der Waals surface area contributed by atoms with Crippen LogP contribution in [0.15, 0.2) is 18.2 Å². The van der Waals surface area contributed by atoms with Gasteiger partial charge >= 0.3 is 5.97 Å². The number of carboxylic acid groups (broad SMARTS) is 1. The molecule has 2 N–H and O–H groups in total. The molecule has 1 aromatic rings. The maximum Gasteiger partial charge on any atom is 0.335 e. The molecule has 0 spiro atoms. The number of phenolic OH excluding ortho intramolecular Hbond substituents is 1. The van der Waals surface area contributed by atoms with E-state index in [4.69, 9.17) is 9.84 Å². The molecule has 0 saturated heterocycles. The van der Waals surface area contributed by atoms with Crippen molar-refractivity contribution < 1.29 is 19.7 Å². The number of rotatable bonds is 2. The Labute approximate surface area is 88.1 Å². The van der Waals surface area contributed by atoms with Crippen LogP contribution in [0.3, 0.4) is 0 Å². The Morgan fingerprint density at radius 2 is 1.87 bits per heavy atom. The normalized spacial score (nSPS) is 11.1. The van der Waals surface area contributed by atoms with Gasteiger partial charge in [-0.3, -0.25) is 0 Å². The number of carboxylic acids is 1. The van der Waals surface area contributed by atoms with Crippen molar-refractivity contribution in [3.05, 3.63) is 23.8 Å². The smallest absolute Gasteiger partial charge is 0.335 e. The second-order valence-corrected chi connectivity index (χ2v) is 4.24. The summed E-state index contributed by atoms with van der Waals surface area (Å²) in [6, 6.07) is 3.95. The van der Waals surface area contributed by atoms with E-state index < -0.39 is 11.6 Å². The first-order valence-corrected chi connectivity index (χ1v) is 4.54. The maximum atomic E-state index is 10.7. The minimum absolute atomic E-state index is 0.00856. The predicted octanol–water partition coefficient (Wildman–Crippen LogP) is 2.27. The number of hydrogen-bond acceptors (Lipinski definition) is 3. The zero-order valence-corrected chi connectivity index (χ0v) is 8.94. The highest BCUT2D eigenvalue weighted by atomic mass is 16.5. The quantitative estimate of drug-likeness (QED) is 0.785. The van der Waals surface area contributed by atoms with Crippen molar-refractivity contribution >= 4 is 5.97 Å². The number of hydrogen-bond donors (Lipinski definition) is 2. The first-order chi connectivity index (χ1) is 6.78. The third-order valence-electron chi connectivity index (χ3n) is 1.56. The number of ether oxygens (including phenoxy) is 1. The molecule has 82 valence electrons. The third kappa shape index (κ3) is 3.50. The lowest BCUT2D eigenvalue weighted by molar-refractivity contribution is 0.0694. The molecule has 4 nitrogen and oxygen atoms in total. The monoisotopic (exact) mass is 210 g/mol. The van der Waals surface area contributed by atoms with Gasteiger partial charge in [0, 0.05) is 6.07 Å². The van der Waals surface area contributed by atoms with Crippen LogP contribution in [0.1, 0.15) is 31.1 Å². The van der Waals surface area contributed by atoms with Crippen molar-refractivity contribution in [2.45, 2.75) is 26.4 Å². The molecule has 1 rings (SSSR count). The molecule has 4 heteroatoms. The second-order valence-electron chi connectivity index (χ2n) is 4.24. The molecule has 0 aliphatic carbocycles. The molecule has 0 heterocycles.